The molecular formula is C30H31FN3O3S+. The van der Waals surface area contributed by atoms with Gasteiger partial charge in [0.25, 0.3) is 0 Å². The molecule has 2 heterocycles. The fourth-order valence-corrected chi connectivity index (χ4v) is 5.48. The first-order valence-corrected chi connectivity index (χ1v) is 14.7. The first-order valence-electron chi connectivity index (χ1n) is 12.7. The van der Waals surface area contributed by atoms with E-state index < -0.39 is 9.84 Å². The Morgan fingerprint density at radius 1 is 1.05 bits per heavy atom. The zero-order valence-electron chi connectivity index (χ0n) is 21.5. The fourth-order valence-electron chi connectivity index (χ4n) is 4.96. The molecule has 196 valence electrons. The van der Waals surface area contributed by atoms with Gasteiger partial charge in [0.1, 0.15) is 22.2 Å². The molecule has 3 aromatic carbocycles. The summed E-state index contributed by atoms with van der Waals surface area (Å²) in [6.45, 7) is 1.74. The zero-order valence-corrected chi connectivity index (χ0v) is 22.3. The topological polar surface area (TPSA) is 76.1 Å². The van der Waals surface area contributed by atoms with Gasteiger partial charge in [0.2, 0.25) is 0 Å². The Bertz CT molecular complexity index is 1600. The summed E-state index contributed by atoms with van der Waals surface area (Å²) < 4.78 is 37.6. The quantitative estimate of drug-likeness (QED) is 0.194. The van der Waals surface area contributed by atoms with Crippen molar-refractivity contribution >= 4 is 26.5 Å². The molecule has 0 radical (unpaired) electrons. The number of quaternary nitrogens is 1. The summed E-state index contributed by atoms with van der Waals surface area (Å²) in [5.74, 6) is -0.186. The third kappa shape index (κ3) is 5.53. The number of nitrogens with zero attached hydrogens (tertiary/aromatic N) is 2. The van der Waals surface area contributed by atoms with Crippen LogP contribution in [-0.2, 0) is 16.3 Å². The second-order valence-electron chi connectivity index (χ2n) is 10.2. The van der Waals surface area contributed by atoms with Crippen LogP contribution in [0.3, 0.4) is 0 Å². The number of likely N-dealkylation sites (N-methyl/N-ethyl adjacent to an activating group) is 1. The molecule has 1 amide bonds. The molecular weight excluding hydrogens is 501 g/mol. The minimum Gasteiger partial charge on any atom is -0.315 e. The van der Waals surface area contributed by atoms with Gasteiger partial charge in [-0.25, -0.2) is 22.1 Å². The number of pyridine rings is 1. The Hall–Kier alpha value is -3.46. The maximum Gasteiger partial charge on any atom is 0.346 e. The van der Waals surface area contributed by atoms with Crippen molar-refractivity contribution in [3.05, 3.63) is 102 Å². The minimum atomic E-state index is -2.97. The minimum absolute atomic E-state index is 0.0296. The SMILES string of the molecule is C[N+]1(C(=O)c2ccc(CCNCCS(C)(=O)=O)cc2)CC1c1ccc(F)c(-c2nccc3ccccc23)c1. The lowest BCUT2D eigenvalue weighted by Crippen LogP contribution is -2.29. The van der Waals surface area contributed by atoms with Gasteiger partial charge in [-0.05, 0) is 60.3 Å². The molecule has 1 saturated heterocycles. The molecule has 0 aliphatic carbocycles. The number of carbonyl (C=O) groups is 1. The summed E-state index contributed by atoms with van der Waals surface area (Å²) in [5.41, 5.74) is 3.68. The number of aromatic nitrogens is 1. The van der Waals surface area contributed by atoms with Crippen LogP contribution in [-0.4, -0.2) is 62.5 Å². The van der Waals surface area contributed by atoms with Crippen LogP contribution in [0.4, 0.5) is 4.39 Å². The first kappa shape index (κ1) is 26.2. The number of fused-ring (bicyclic) bond motifs is 1. The van der Waals surface area contributed by atoms with Gasteiger partial charge < -0.3 is 5.32 Å². The monoisotopic (exact) mass is 532 g/mol. The molecule has 0 saturated carbocycles. The maximum atomic E-state index is 15.0. The van der Waals surface area contributed by atoms with E-state index in [-0.39, 0.29) is 28.0 Å². The zero-order chi connectivity index (χ0) is 26.9. The summed E-state index contributed by atoms with van der Waals surface area (Å²) in [6, 6.07) is 22.3. The summed E-state index contributed by atoms with van der Waals surface area (Å²) >= 11 is 0. The van der Waals surface area contributed by atoms with Gasteiger partial charge in [0.15, 0.2) is 6.04 Å². The molecule has 0 spiro atoms. The van der Waals surface area contributed by atoms with Gasteiger partial charge in [-0.1, -0.05) is 36.4 Å². The lowest BCUT2D eigenvalue weighted by Gasteiger charge is -2.14. The molecule has 38 heavy (non-hydrogen) atoms. The lowest BCUT2D eigenvalue weighted by molar-refractivity contribution is -0.705. The lowest BCUT2D eigenvalue weighted by atomic mass is 10.0. The normalized spacial score (nSPS) is 19.0. The van der Waals surface area contributed by atoms with Crippen LogP contribution in [0.2, 0.25) is 0 Å². The number of benzene rings is 3. The average Bonchev–Trinajstić information content (AvgIpc) is 3.60. The van der Waals surface area contributed by atoms with Crippen molar-refractivity contribution in [1.82, 2.24) is 10.3 Å². The van der Waals surface area contributed by atoms with E-state index in [1.165, 1.54) is 12.3 Å². The van der Waals surface area contributed by atoms with Crippen molar-refractivity contribution in [3.8, 4) is 11.3 Å². The van der Waals surface area contributed by atoms with Gasteiger partial charge in [0, 0.05) is 35.5 Å². The molecule has 6 nitrogen and oxygen atoms in total. The second kappa shape index (κ2) is 10.4. The van der Waals surface area contributed by atoms with E-state index in [2.05, 4.69) is 10.3 Å². The van der Waals surface area contributed by atoms with Crippen molar-refractivity contribution in [2.24, 2.45) is 0 Å². The van der Waals surface area contributed by atoms with E-state index >= 15 is 0 Å². The Morgan fingerprint density at radius 2 is 1.82 bits per heavy atom. The summed E-state index contributed by atoms with van der Waals surface area (Å²) in [7, 11) is -1.05. The highest BCUT2D eigenvalue weighted by Crippen LogP contribution is 2.45. The molecule has 2 unspecified atom stereocenters. The van der Waals surface area contributed by atoms with Gasteiger partial charge in [0.05, 0.1) is 24.1 Å². The van der Waals surface area contributed by atoms with Crippen molar-refractivity contribution in [2.75, 3.05) is 38.7 Å². The molecule has 0 bridgehead atoms. The fraction of sp³-hybridized carbons (Fsp3) is 0.267. The highest BCUT2D eigenvalue weighted by molar-refractivity contribution is 7.90. The van der Waals surface area contributed by atoms with Crippen molar-refractivity contribution in [1.29, 1.82) is 0 Å². The number of hydrogen-bond donors (Lipinski definition) is 1. The Kier molecular flexibility index (Phi) is 7.13. The van der Waals surface area contributed by atoms with E-state index in [1.807, 2.05) is 67.7 Å². The molecule has 5 rings (SSSR count). The van der Waals surface area contributed by atoms with Crippen LogP contribution in [0.15, 0.2) is 79.0 Å². The number of hydrogen-bond acceptors (Lipinski definition) is 5. The smallest absolute Gasteiger partial charge is 0.315 e. The third-order valence-corrected chi connectivity index (χ3v) is 8.26. The van der Waals surface area contributed by atoms with Crippen LogP contribution in [0.1, 0.15) is 27.5 Å². The van der Waals surface area contributed by atoms with E-state index in [1.54, 1.807) is 12.3 Å². The predicted molar refractivity (Wildman–Crippen MR) is 148 cm³/mol. The van der Waals surface area contributed by atoms with E-state index in [4.69, 9.17) is 0 Å². The van der Waals surface area contributed by atoms with Crippen molar-refractivity contribution in [3.63, 3.8) is 0 Å². The largest absolute Gasteiger partial charge is 0.346 e. The average molecular weight is 533 g/mol. The molecule has 1 fully saturated rings. The van der Waals surface area contributed by atoms with Gasteiger partial charge >= 0.3 is 5.91 Å². The molecule has 4 aromatic rings. The van der Waals surface area contributed by atoms with E-state index in [0.717, 1.165) is 28.3 Å². The number of carbonyl (C=O) groups excluding carboxylic acids is 1. The highest BCUT2D eigenvalue weighted by Gasteiger charge is 2.58. The standard InChI is InChI=1S/C30H31FN3O3S/c1-34(30(35)23-9-7-21(8-10-23)13-15-32-17-18-38(2,36)37)20-28(34)24-11-12-27(31)26(19-24)29-25-6-4-3-5-22(25)14-16-33-29/h3-12,14,16,19,28,32H,13,15,17-18,20H2,1-2H3/q+1. The van der Waals surface area contributed by atoms with Crippen LogP contribution in [0, 0.1) is 5.82 Å². The van der Waals surface area contributed by atoms with Gasteiger partial charge in [-0.15, -0.1) is 0 Å². The molecule has 1 aromatic heterocycles. The van der Waals surface area contributed by atoms with Crippen LogP contribution >= 0.6 is 0 Å². The molecule has 1 N–H and O–H groups in total. The van der Waals surface area contributed by atoms with Gasteiger partial charge in [-0.3, -0.25) is 4.98 Å². The summed E-state index contributed by atoms with van der Waals surface area (Å²) in [6.07, 6.45) is 3.67. The number of sulfone groups is 1. The van der Waals surface area contributed by atoms with Crippen LogP contribution in [0.25, 0.3) is 22.0 Å². The Morgan fingerprint density at radius 3 is 2.58 bits per heavy atom. The number of nitrogens with one attached hydrogen (secondary N) is 1. The van der Waals surface area contributed by atoms with Crippen molar-refractivity contribution < 1.29 is 22.1 Å². The van der Waals surface area contributed by atoms with Gasteiger partial charge in [-0.2, -0.15) is 0 Å². The number of rotatable bonds is 9. The first-order chi connectivity index (χ1) is 18.2. The van der Waals surface area contributed by atoms with Crippen molar-refractivity contribution in [2.45, 2.75) is 12.5 Å². The Balaban J connectivity index is 1.28. The summed E-state index contributed by atoms with van der Waals surface area (Å²) in [5, 5.41) is 5.02. The molecule has 8 heteroatoms. The number of halogens is 1. The second-order valence-corrected chi connectivity index (χ2v) is 12.5. The van der Waals surface area contributed by atoms with Crippen LogP contribution < -0.4 is 5.32 Å². The number of amides is 1. The summed E-state index contributed by atoms with van der Waals surface area (Å²) in [4.78, 5) is 17.9. The highest BCUT2D eigenvalue weighted by atomic mass is 32.2. The van der Waals surface area contributed by atoms with Crippen LogP contribution in [0.5, 0.6) is 0 Å². The predicted octanol–water partition coefficient (Wildman–Crippen LogP) is 4.56. The maximum absolute atomic E-state index is 15.0. The molecule has 1 aliphatic rings. The third-order valence-electron chi connectivity index (χ3n) is 7.32. The van der Waals surface area contributed by atoms with E-state index in [9.17, 15) is 17.6 Å². The molecule has 2 atom stereocenters. The van der Waals surface area contributed by atoms with E-state index in [0.29, 0.717) is 36.5 Å². The molecule has 1 aliphatic heterocycles. The Labute approximate surface area is 222 Å².